The van der Waals surface area contributed by atoms with Crippen molar-refractivity contribution in [1.29, 1.82) is 0 Å². The van der Waals surface area contributed by atoms with Crippen molar-refractivity contribution in [3.63, 3.8) is 0 Å². The molecule has 20 heavy (non-hydrogen) atoms. The van der Waals surface area contributed by atoms with E-state index in [1.807, 2.05) is 12.1 Å². The molecule has 0 spiro atoms. The topological polar surface area (TPSA) is 12.0 Å². The number of thioether (sulfide) groups is 1. The Bertz CT molecular complexity index is 427. The molecule has 0 bridgehead atoms. The van der Waals surface area contributed by atoms with Crippen LogP contribution in [0.2, 0.25) is 0 Å². The normalized spacial score (nSPS) is 33.1. The highest BCUT2D eigenvalue weighted by atomic mass is 32.2. The van der Waals surface area contributed by atoms with Gasteiger partial charge >= 0.3 is 0 Å². The molecule has 0 aliphatic heterocycles. The van der Waals surface area contributed by atoms with E-state index >= 15 is 0 Å². The summed E-state index contributed by atoms with van der Waals surface area (Å²) in [4.78, 5) is 0. The second-order valence-corrected chi connectivity index (χ2v) is 7.75. The molecule has 2 atom stereocenters. The van der Waals surface area contributed by atoms with E-state index in [0.717, 1.165) is 11.3 Å². The van der Waals surface area contributed by atoms with Crippen LogP contribution in [-0.4, -0.2) is 23.1 Å². The molecule has 3 heteroatoms. The lowest BCUT2D eigenvalue weighted by Gasteiger charge is -2.38. The Morgan fingerprint density at radius 2 is 1.85 bits per heavy atom. The highest BCUT2D eigenvalue weighted by Gasteiger charge is 2.33. The Labute approximate surface area is 125 Å². The maximum absolute atomic E-state index is 12.9. The van der Waals surface area contributed by atoms with Crippen molar-refractivity contribution in [3.8, 4) is 0 Å². The molecule has 3 rings (SSSR count). The van der Waals surface area contributed by atoms with E-state index in [-0.39, 0.29) is 5.82 Å². The Morgan fingerprint density at radius 3 is 2.55 bits per heavy atom. The second-order valence-electron chi connectivity index (χ2n) is 6.17. The van der Waals surface area contributed by atoms with Crippen LogP contribution in [0.4, 0.5) is 4.39 Å². The zero-order valence-electron chi connectivity index (χ0n) is 12.1. The van der Waals surface area contributed by atoms with Crippen molar-refractivity contribution in [2.24, 2.45) is 0 Å². The summed E-state index contributed by atoms with van der Waals surface area (Å²) in [6, 6.07) is 8.47. The first kappa shape index (κ1) is 14.4. The summed E-state index contributed by atoms with van der Waals surface area (Å²) in [5.74, 6) is 1.75. The van der Waals surface area contributed by atoms with Gasteiger partial charge in [0.1, 0.15) is 5.82 Å². The van der Waals surface area contributed by atoms with Crippen LogP contribution >= 0.6 is 11.8 Å². The highest BCUT2D eigenvalue weighted by molar-refractivity contribution is 7.99. The van der Waals surface area contributed by atoms with Crippen LogP contribution in [0, 0.1) is 5.82 Å². The van der Waals surface area contributed by atoms with Gasteiger partial charge in [0, 0.05) is 17.3 Å². The monoisotopic (exact) mass is 293 g/mol. The fourth-order valence-corrected chi connectivity index (χ4v) is 4.72. The third-order valence-electron chi connectivity index (χ3n) is 4.74. The quantitative estimate of drug-likeness (QED) is 0.867. The molecule has 1 nitrogen and oxygen atoms in total. The summed E-state index contributed by atoms with van der Waals surface area (Å²) in [6.45, 7) is 2.25. The van der Waals surface area contributed by atoms with E-state index in [0.29, 0.717) is 12.0 Å². The molecule has 0 radical (unpaired) electrons. The van der Waals surface area contributed by atoms with Gasteiger partial charge in [-0.3, -0.25) is 0 Å². The molecule has 1 aromatic carbocycles. The predicted molar refractivity (Wildman–Crippen MR) is 84.9 cm³/mol. The van der Waals surface area contributed by atoms with Gasteiger partial charge in [-0.2, -0.15) is 11.8 Å². The van der Waals surface area contributed by atoms with E-state index in [4.69, 9.17) is 0 Å². The summed E-state index contributed by atoms with van der Waals surface area (Å²) < 4.78 is 12.9. The molecule has 0 amide bonds. The summed E-state index contributed by atoms with van der Waals surface area (Å²) >= 11 is 2.12. The fraction of sp³-hybridized carbons (Fsp3) is 0.647. The molecule has 2 fully saturated rings. The molecular formula is C17H24FNS. The van der Waals surface area contributed by atoms with Crippen molar-refractivity contribution in [1.82, 2.24) is 5.32 Å². The van der Waals surface area contributed by atoms with Crippen molar-refractivity contribution in [3.05, 3.63) is 35.6 Å². The lowest BCUT2D eigenvalue weighted by Crippen LogP contribution is -2.44. The number of benzene rings is 1. The van der Waals surface area contributed by atoms with Gasteiger partial charge in [0.2, 0.25) is 0 Å². The first-order chi connectivity index (χ1) is 9.74. The first-order valence-electron chi connectivity index (χ1n) is 7.87. The largest absolute Gasteiger partial charge is 0.311 e. The Kier molecular flexibility index (Phi) is 4.67. The fourth-order valence-electron chi connectivity index (χ4n) is 3.57. The van der Waals surface area contributed by atoms with Crippen molar-refractivity contribution >= 4 is 11.8 Å². The van der Waals surface area contributed by atoms with Crippen LogP contribution in [0.1, 0.15) is 50.5 Å². The molecule has 1 aromatic rings. The van der Waals surface area contributed by atoms with Gasteiger partial charge in [-0.25, -0.2) is 4.39 Å². The van der Waals surface area contributed by atoms with Crippen molar-refractivity contribution < 1.29 is 4.39 Å². The molecule has 1 N–H and O–H groups in total. The number of nitrogens with one attached hydrogen (secondary N) is 1. The first-order valence-corrected chi connectivity index (χ1v) is 8.92. The summed E-state index contributed by atoms with van der Waals surface area (Å²) in [5, 5.41) is 4.71. The van der Waals surface area contributed by atoms with Gasteiger partial charge in [0.25, 0.3) is 0 Å². The zero-order valence-corrected chi connectivity index (χ0v) is 13.0. The SMILES string of the molecule is CCSC1CCC(NC2CC(c3ccc(F)cc3)C2)C1. The van der Waals surface area contributed by atoms with Crippen molar-refractivity contribution in [2.75, 3.05) is 5.75 Å². The van der Waals surface area contributed by atoms with E-state index in [1.54, 1.807) is 12.1 Å². The summed E-state index contributed by atoms with van der Waals surface area (Å²) in [5.41, 5.74) is 1.30. The molecule has 2 unspecified atom stereocenters. The van der Waals surface area contributed by atoms with Crippen molar-refractivity contribution in [2.45, 2.75) is 62.3 Å². The smallest absolute Gasteiger partial charge is 0.123 e. The lowest BCUT2D eigenvalue weighted by atomic mass is 9.75. The van der Waals surface area contributed by atoms with Gasteiger partial charge in [0.05, 0.1) is 0 Å². The minimum atomic E-state index is -0.131. The number of halogens is 1. The molecular weight excluding hydrogens is 269 g/mol. The molecule has 0 saturated heterocycles. The Hall–Kier alpha value is -0.540. The van der Waals surface area contributed by atoms with Gasteiger partial charge in [0.15, 0.2) is 0 Å². The molecule has 2 aliphatic carbocycles. The van der Waals surface area contributed by atoms with E-state index < -0.39 is 0 Å². The zero-order chi connectivity index (χ0) is 13.9. The molecule has 2 aliphatic rings. The standard InChI is InChI=1S/C17H24FNS/c1-2-20-17-8-7-15(11-17)19-16-9-13(10-16)12-3-5-14(18)6-4-12/h3-6,13,15-17,19H,2,7-11H2,1H3. The molecule has 0 aromatic heterocycles. The third kappa shape index (κ3) is 3.37. The van der Waals surface area contributed by atoms with Gasteiger partial charge in [-0.05, 0) is 61.5 Å². The molecule has 110 valence electrons. The van der Waals surface area contributed by atoms with Crippen LogP contribution in [-0.2, 0) is 0 Å². The second kappa shape index (κ2) is 6.48. The van der Waals surface area contributed by atoms with Gasteiger partial charge < -0.3 is 5.32 Å². The maximum Gasteiger partial charge on any atom is 0.123 e. The van der Waals surface area contributed by atoms with Crippen LogP contribution in [0.3, 0.4) is 0 Å². The lowest BCUT2D eigenvalue weighted by molar-refractivity contribution is 0.265. The van der Waals surface area contributed by atoms with Gasteiger partial charge in [-0.1, -0.05) is 19.1 Å². The minimum Gasteiger partial charge on any atom is -0.311 e. The number of hydrogen-bond donors (Lipinski definition) is 1. The number of hydrogen-bond acceptors (Lipinski definition) is 2. The van der Waals surface area contributed by atoms with Crippen LogP contribution in [0.5, 0.6) is 0 Å². The molecule has 0 heterocycles. The maximum atomic E-state index is 12.9. The summed E-state index contributed by atoms with van der Waals surface area (Å²) in [7, 11) is 0. The number of rotatable bonds is 5. The van der Waals surface area contributed by atoms with E-state index in [9.17, 15) is 4.39 Å². The highest BCUT2D eigenvalue weighted by Crippen LogP contribution is 2.38. The molecule has 2 saturated carbocycles. The average molecular weight is 293 g/mol. The van der Waals surface area contributed by atoms with E-state index in [1.165, 1.54) is 43.4 Å². The Morgan fingerprint density at radius 1 is 1.10 bits per heavy atom. The van der Waals surface area contributed by atoms with Crippen LogP contribution < -0.4 is 5.32 Å². The van der Waals surface area contributed by atoms with Crippen LogP contribution in [0.25, 0.3) is 0 Å². The Balaban J connectivity index is 1.41. The average Bonchev–Trinajstić information content (AvgIpc) is 2.83. The third-order valence-corrected chi connectivity index (χ3v) is 5.97. The van der Waals surface area contributed by atoms with E-state index in [2.05, 4.69) is 24.0 Å². The predicted octanol–water partition coefficient (Wildman–Crippen LogP) is 4.34. The minimum absolute atomic E-state index is 0.131. The van der Waals surface area contributed by atoms with Gasteiger partial charge in [-0.15, -0.1) is 0 Å². The summed E-state index contributed by atoms with van der Waals surface area (Å²) in [6.07, 6.45) is 6.50. The van der Waals surface area contributed by atoms with Crippen LogP contribution in [0.15, 0.2) is 24.3 Å².